The molecule has 0 spiro atoms. The third kappa shape index (κ3) is 7.26. The Balaban J connectivity index is 1.22. The highest BCUT2D eigenvalue weighted by Gasteiger charge is 2.53. The van der Waals surface area contributed by atoms with E-state index < -0.39 is 18.2 Å². The molecule has 0 radical (unpaired) electrons. The average molecular weight is 614 g/mol. The normalized spacial score (nSPS) is 23.2. The molecule has 3 saturated heterocycles. The van der Waals surface area contributed by atoms with Crippen molar-refractivity contribution in [2.45, 2.75) is 51.5 Å². The van der Waals surface area contributed by atoms with Crippen molar-refractivity contribution in [1.29, 1.82) is 0 Å². The molecule has 11 nitrogen and oxygen atoms in total. The van der Waals surface area contributed by atoms with Gasteiger partial charge < -0.3 is 29.3 Å². The fourth-order valence-electron chi connectivity index (χ4n) is 6.05. The molecule has 0 saturated carbocycles. The summed E-state index contributed by atoms with van der Waals surface area (Å²) in [5.74, 6) is -0.577. The summed E-state index contributed by atoms with van der Waals surface area (Å²) < 4.78 is 16.7. The summed E-state index contributed by atoms with van der Waals surface area (Å²) in [6, 6.07) is 5.88. The molecule has 1 N–H and O–H groups in total. The maximum absolute atomic E-state index is 13.8. The summed E-state index contributed by atoms with van der Waals surface area (Å²) in [4.78, 5) is 50.8. The van der Waals surface area contributed by atoms with Gasteiger partial charge in [-0.1, -0.05) is 26.0 Å². The van der Waals surface area contributed by atoms with Gasteiger partial charge in [0.2, 0.25) is 5.91 Å². The summed E-state index contributed by atoms with van der Waals surface area (Å²) in [6.45, 7) is 12.1. The van der Waals surface area contributed by atoms with Crippen molar-refractivity contribution in [3.63, 3.8) is 0 Å². The lowest BCUT2D eigenvalue weighted by Gasteiger charge is -2.34. The molecule has 3 aliphatic rings. The van der Waals surface area contributed by atoms with Gasteiger partial charge in [-0.05, 0) is 31.4 Å². The first-order valence-corrected chi connectivity index (χ1v) is 16.1. The van der Waals surface area contributed by atoms with Crippen molar-refractivity contribution in [2.75, 3.05) is 71.1 Å². The highest BCUT2D eigenvalue weighted by Crippen LogP contribution is 2.31. The minimum Gasteiger partial charge on any atom is -0.383 e. The number of Topliss-reactive ketones (excluding diaryl/α,β-unsaturated/α-hetero) is 1. The van der Waals surface area contributed by atoms with Gasteiger partial charge in [0, 0.05) is 62.9 Å². The van der Waals surface area contributed by atoms with Crippen molar-refractivity contribution in [3.05, 3.63) is 35.2 Å². The summed E-state index contributed by atoms with van der Waals surface area (Å²) in [7, 11) is 1.73. The Morgan fingerprint density at radius 2 is 1.91 bits per heavy atom. The standard InChI is InChI=1S/C31H43N5O6S/c1-5-41-26-17-36(27-25(37)18-42-28(26)27)30(39)23(16-20(2)3)32-29(38)22-8-6-21(7-9-22)24-19-43-31(33-24)35-12-10-34(11-13-35)14-15-40-4/h6-9,19-20,23,26-28H,5,10-18H2,1-4H3,(H,32,38)/t23-,26-,27+,28+/m0/s1. The van der Waals surface area contributed by atoms with Crippen LogP contribution in [0.2, 0.25) is 0 Å². The second kappa shape index (κ2) is 14.3. The van der Waals surface area contributed by atoms with Crippen molar-refractivity contribution in [2.24, 2.45) is 5.92 Å². The second-order valence-corrected chi connectivity index (χ2v) is 12.6. The molecule has 4 atom stereocenters. The zero-order valence-electron chi connectivity index (χ0n) is 25.5. The molecule has 3 aliphatic heterocycles. The van der Waals surface area contributed by atoms with E-state index in [1.165, 1.54) is 0 Å². The number of amides is 2. The average Bonchev–Trinajstić information content (AvgIpc) is 3.74. The van der Waals surface area contributed by atoms with E-state index in [1.807, 2.05) is 38.3 Å². The molecule has 12 heteroatoms. The number of thiazole rings is 1. The largest absolute Gasteiger partial charge is 0.383 e. The van der Waals surface area contributed by atoms with Crippen molar-refractivity contribution in [3.8, 4) is 11.3 Å². The monoisotopic (exact) mass is 613 g/mol. The summed E-state index contributed by atoms with van der Waals surface area (Å²) in [6.07, 6.45) is -0.367. The fraction of sp³-hybridized carbons (Fsp3) is 0.613. The van der Waals surface area contributed by atoms with E-state index in [0.29, 0.717) is 18.6 Å². The number of anilines is 1. The lowest BCUT2D eigenvalue weighted by atomic mass is 10.0. The van der Waals surface area contributed by atoms with E-state index in [4.69, 9.17) is 19.2 Å². The van der Waals surface area contributed by atoms with Crippen LogP contribution in [0, 0.1) is 5.92 Å². The number of fused-ring (bicyclic) bond motifs is 1. The van der Waals surface area contributed by atoms with Crippen LogP contribution in [0.15, 0.2) is 29.6 Å². The first kappa shape index (κ1) is 31.5. The lowest BCUT2D eigenvalue weighted by molar-refractivity contribution is -0.138. The number of nitrogens with zero attached hydrogens (tertiary/aromatic N) is 4. The topological polar surface area (TPSA) is 114 Å². The van der Waals surface area contributed by atoms with Gasteiger partial charge in [0.1, 0.15) is 30.9 Å². The number of hydrogen-bond acceptors (Lipinski definition) is 10. The molecular formula is C31H43N5O6S. The maximum atomic E-state index is 13.8. The smallest absolute Gasteiger partial charge is 0.251 e. The van der Waals surface area contributed by atoms with Crippen LogP contribution in [0.5, 0.6) is 0 Å². The first-order chi connectivity index (χ1) is 20.8. The van der Waals surface area contributed by atoms with Crippen LogP contribution < -0.4 is 10.2 Å². The Morgan fingerprint density at radius 1 is 1.16 bits per heavy atom. The van der Waals surface area contributed by atoms with Gasteiger partial charge in [-0.3, -0.25) is 19.3 Å². The summed E-state index contributed by atoms with van der Waals surface area (Å²) in [5.41, 5.74) is 2.26. The van der Waals surface area contributed by atoms with Crippen LogP contribution in [-0.2, 0) is 23.8 Å². The number of ether oxygens (including phenoxy) is 3. The third-order valence-electron chi connectivity index (χ3n) is 8.30. The Hall–Kier alpha value is -2.90. The molecule has 4 heterocycles. The Kier molecular flexibility index (Phi) is 10.5. The predicted molar refractivity (Wildman–Crippen MR) is 164 cm³/mol. The number of hydrogen-bond donors (Lipinski definition) is 1. The lowest BCUT2D eigenvalue weighted by Crippen LogP contribution is -2.52. The van der Waals surface area contributed by atoms with E-state index in [9.17, 15) is 14.4 Å². The Labute approximate surface area is 257 Å². The van der Waals surface area contributed by atoms with Gasteiger partial charge in [0.25, 0.3) is 5.91 Å². The number of carbonyl (C=O) groups is 3. The number of aromatic nitrogens is 1. The van der Waals surface area contributed by atoms with Crippen LogP contribution in [0.3, 0.4) is 0 Å². The molecule has 1 aromatic carbocycles. The molecule has 3 fully saturated rings. The molecular weight excluding hydrogens is 570 g/mol. The van der Waals surface area contributed by atoms with Crippen molar-refractivity contribution < 1.29 is 28.6 Å². The van der Waals surface area contributed by atoms with Gasteiger partial charge in [0.05, 0.1) is 18.8 Å². The molecule has 5 rings (SSSR count). The van der Waals surface area contributed by atoms with Crippen molar-refractivity contribution in [1.82, 2.24) is 20.1 Å². The van der Waals surface area contributed by atoms with Crippen LogP contribution in [0.4, 0.5) is 5.13 Å². The highest BCUT2D eigenvalue weighted by atomic mass is 32.1. The van der Waals surface area contributed by atoms with Crippen LogP contribution >= 0.6 is 11.3 Å². The molecule has 234 valence electrons. The zero-order valence-corrected chi connectivity index (χ0v) is 26.3. The minimum absolute atomic E-state index is 0.0256. The van der Waals surface area contributed by atoms with E-state index >= 15 is 0 Å². The van der Waals surface area contributed by atoms with E-state index in [0.717, 1.165) is 55.7 Å². The van der Waals surface area contributed by atoms with Gasteiger partial charge in [-0.15, -0.1) is 11.3 Å². The Morgan fingerprint density at radius 3 is 2.58 bits per heavy atom. The van der Waals surface area contributed by atoms with Gasteiger partial charge in [0.15, 0.2) is 10.9 Å². The van der Waals surface area contributed by atoms with Crippen molar-refractivity contribution >= 4 is 34.1 Å². The first-order valence-electron chi connectivity index (χ1n) is 15.2. The minimum atomic E-state index is -0.766. The Bertz CT molecular complexity index is 1260. The molecule has 0 bridgehead atoms. The third-order valence-corrected chi connectivity index (χ3v) is 9.20. The maximum Gasteiger partial charge on any atom is 0.251 e. The number of rotatable bonds is 12. The van der Waals surface area contributed by atoms with Gasteiger partial charge >= 0.3 is 0 Å². The molecule has 43 heavy (non-hydrogen) atoms. The van der Waals surface area contributed by atoms with E-state index in [-0.39, 0.29) is 42.8 Å². The molecule has 0 aliphatic carbocycles. The SMILES string of the molecule is CCO[C@H]1CN(C(=O)[C@H](CC(C)C)NC(=O)c2ccc(-c3csc(N4CCN(CCOC)CC4)n3)cc2)[C@@H]2C(=O)CO[C@H]12. The van der Waals surface area contributed by atoms with Gasteiger partial charge in [-0.25, -0.2) is 4.98 Å². The summed E-state index contributed by atoms with van der Waals surface area (Å²) >= 11 is 1.63. The zero-order chi connectivity index (χ0) is 30.5. The number of benzene rings is 1. The number of carbonyl (C=O) groups excluding carboxylic acids is 3. The van der Waals surface area contributed by atoms with Crippen LogP contribution in [-0.4, -0.2) is 123 Å². The second-order valence-electron chi connectivity index (χ2n) is 11.7. The van der Waals surface area contributed by atoms with E-state index in [1.54, 1.807) is 35.5 Å². The molecule has 1 aromatic heterocycles. The quantitative estimate of drug-likeness (QED) is 0.385. The summed E-state index contributed by atoms with van der Waals surface area (Å²) in [5, 5.41) is 6.00. The number of ketones is 1. The molecule has 2 aromatic rings. The predicted octanol–water partition coefficient (Wildman–Crippen LogP) is 2.31. The number of likely N-dealkylation sites (tertiary alicyclic amines) is 1. The fourth-order valence-corrected chi connectivity index (χ4v) is 6.94. The van der Waals surface area contributed by atoms with Crippen LogP contribution in [0.25, 0.3) is 11.3 Å². The van der Waals surface area contributed by atoms with Crippen LogP contribution in [0.1, 0.15) is 37.6 Å². The van der Waals surface area contributed by atoms with E-state index in [2.05, 4.69) is 15.1 Å². The van der Waals surface area contributed by atoms with Gasteiger partial charge in [-0.2, -0.15) is 0 Å². The number of piperazine rings is 1. The molecule has 2 amide bonds. The number of methoxy groups -OCH3 is 1. The number of nitrogens with one attached hydrogen (secondary N) is 1. The highest BCUT2D eigenvalue weighted by molar-refractivity contribution is 7.14. The molecule has 0 unspecified atom stereocenters.